The molecular weight excluding hydrogens is 488 g/mol. The molecule has 1 saturated heterocycles. The lowest BCUT2D eigenvalue weighted by Gasteiger charge is -2.23. The highest BCUT2D eigenvalue weighted by atomic mass is 16.5. The second-order valence-corrected chi connectivity index (χ2v) is 10.9. The lowest BCUT2D eigenvalue weighted by molar-refractivity contribution is -0.118. The number of amides is 1. The Hall–Kier alpha value is -3.94. The zero-order chi connectivity index (χ0) is 26.4. The average molecular weight is 521 g/mol. The van der Waals surface area contributed by atoms with Gasteiger partial charge in [-0.15, -0.1) is 0 Å². The molecule has 3 heterocycles. The van der Waals surface area contributed by atoms with Gasteiger partial charge in [0.15, 0.2) is 0 Å². The number of hydrogen-bond donors (Lipinski definition) is 3. The van der Waals surface area contributed by atoms with Crippen molar-refractivity contribution in [2.75, 3.05) is 25.6 Å². The van der Waals surface area contributed by atoms with E-state index in [-0.39, 0.29) is 11.8 Å². The van der Waals surface area contributed by atoms with Crippen LogP contribution in [0.15, 0.2) is 60.7 Å². The first kappa shape index (κ1) is 24.1. The molecule has 0 radical (unpaired) electrons. The summed E-state index contributed by atoms with van der Waals surface area (Å²) >= 11 is 0. The Bertz CT molecular complexity index is 1570. The molecule has 4 aromatic rings. The third-order valence-corrected chi connectivity index (χ3v) is 8.57. The highest BCUT2D eigenvalue weighted by Crippen LogP contribution is 2.65. The van der Waals surface area contributed by atoms with Gasteiger partial charge in [0.2, 0.25) is 5.91 Å². The monoisotopic (exact) mass is 520 g/mol. The summed E-state index contributed by atoms with van der Waals surface area (Å²) in [5.74, 6) is 0.989. The van der Waals surface area contributed by atoms with Crippen LogP contribution in [0.4, 0.5) is 5.69 Å². The van der Waals surface area contributed by atoms with Crippen molar-refractivity contribution in [3.63, 3.8) is 0 Å². The molecule has 1 aromatic heterocycles. The lowest BCUT2D eigenvalue weighted by atomic mass is 9.91. The average Bonchev–Trinajstić information content (AvgIpc) is 3.52. The summed E-state index contributed by atoms with van der Waals surface area (Å²) < 4.78 is 10.9. The van der Waals surface area contributed by atoms with Gasteiger partial charge in [-0.2, -0.15) is 5.10 Å². The Morgan fingerprint density at radius 1 is 1.08 bits per heavy atom. The van der Waals surface area contributed by atoms with Crippen LogP contribution in [-0.4, -0.2) is 42.5 Å². The maximum Gasteiger partial charge on any atom is 0.235 e. The van der Waals surface area contributed by atoms with Crippen molar-refractivity contribution in [1.29, 1.82) is 0 Å². The molecule has 2 unspecified atom stereocenters. The van der Waals surface area contributed by atoms with Gasteiger partial charge in [0.25, 0.3) is 0 Å². The van der Waals surface area contributed by atoms with E-state index in [1.54, 1.807) is 7.11 Å². The van der Waals surface area contributed by atoms with Crippen LogP contribution in [0.5, 0.6) is 5.75 Å². The minimum absolute atomic E-state index is 0.0782. The number of benzene rings is 3. The Labute approximate surface area is 227 Å². The first-order valence-corrected chi connectivity index (χ1v) is 13.7. The second kappa shape index (κ2) is 9.67. The van der Waals surface area contributed by atoms with Gasteiger partial charge in [-0.05, 0) is 71.9 Å². The van der Waals surface area contributed by atoms with Crippen LogP contribution in [0.2, 0.25) is 0 Å². The Kier molecular flexibility index (Phi) is 5.98. The van der Waals surface area contributed by atoms with E-state index in [4.69, 9.17) is 9.47 Å². The van der Waals surface area contributed by atoms with Crippen molar-refractivity contribution in [2.45, 2.75) is 43.2 Å². The summed E-state index contributed by atoms with van der Waals surface area (Å²) in [5.41, 5.74) is 6.88. The summed E-state index contributed by atoms with van der Waals surface area (Å²) in [4.78, 5) is 13.0. The van der Waals surface area contributed by atoms with Crippen LogP contribution in [-0.2, 0) is 21.5 Å². The summed E-state index contributed by atoms with van der Waals surface area (Å²) in [6.45, 7) is 2.59. The highest BCUT2D eigenvalue weighted by molar-refractivity contribution is 6.10. The molecule has 3 N–H and O–H groups in total. The second-order valence-electron chi connectivity index (χ2n) is 10.9. The van der Waals surface area contributed by atoms with E-state index in [9.17, 15) is 4.79 Å². The zero-order valence-electron chi connectivity index (χ0n) is 22.0. The number of carbonyl (C=O) groups excluding carboxylic acids is 1. The van der Waals surface area contributed by atoms with Crippen molar-refractivity contribution in [3.05, 3.63) is 88.6 Å². The number of nitrogens with zero attached hydrogens (tertiary/aromatic N) is 1. The number of aromatic nitrogens is 2. The van der Waals surface area contributed by atoms with Crippen molar-refractivity contribution >= 4 is 34.6 Å². The lowest BCUT2D eigenvalue weighted by Crippen LogP contribution is -2.34. The summed E-state index contributed by atoms with van der Waals surface area (Å²) in [6.07, 6.45) is 7.12. The molecule has 1 saturated carbocycles. The molecular formula is C32H32N4O3. The minimum atomic E-state index is -0.507. The van der Waals surface area contributed by atoms with Gasteiger partial charge in [-0.3, -0.25) is 9.89 Å². The smallest absolute Gasteiger partial charge is 0.235 e. The Morgan fingerprint density at radius 2 is 1.92 bits per heavy atom. The van der Waals surface area contributed by atoms with Crippen molar-refractivity contribution in [1.82, 2.24) is 15.5 Å². The third kappa shape index (κ3) is 4.32. The van der Waals surface area contributed by atoms with Crippen molar-refractivity contribution in [3.8, 4) is 5.75 Å². The number of anilines is 1. The summed E-state index contributed by atoms with van der Waals surface area (Å²) in [7, 11) is 1.66. The molecule has 1 amide bonds. The van der Waals surface area contributed by atoms with Gasteiger partial charge >= 0.3 is 0 Å². The molecule has 2 atom stereocenters. The fourth-order valence-corrected chi connectivity index (χ4v) is 6.19. The van der Waals surface area contributed by atoms with Crippen LogP contribution < -0.4 is 15.4 Å². The van der Waals surface area contributed by atoms with Crippen LogP contribution in [0.25, 0.3) is 23.1 Å². The van der Waals surface area contributed by atoms with Gasteiger partial charge in [0.05, 0.1) is 23.7 Å². The van der Waals surface area contributed by atoms with E-state index in [0.717, 1.165) is 83.7 Å². The predicted molar refractivity (Wildman–Crippen MR) is 153 cm³/mol. The van der Waals surface area contributed by atoms with Crippen LogP contribution in [0.1, 0.15) is 53.1 Å². The number of hydrogen-bond acceptors (Lipinski definition) is 5. The predicted octanol–water partition coefficient (Wildman–Crippen LogP) is 5.39. The molecule has 7 heteroatoms. The molecule has 7 nitrogen and oxygen atoms in total. The molecule has 7 rings (SSSR count). The molecule has 198 valence electrons. The Morgan fingerprint density at radius 3 is 2.74 bits per heavy atom. The maximum absolute atomic E-state index is 13.0. The fraction of sp³-hybridized carbons (Fsp3) is 0.312. The van der Waals surface area contributed by atoms with Crippen molar-refractivity contribution < 1.29 is 14.3 Å². The molecule has 2 fully saturated rings. The topological polar surface area (TPSA) is 88.3 Å². The zero-order valence-corrected chi connectivity index (χ0v) is 22.0. The number of ether oxygens (including phenoxy) is 2. The number of methoxy groups -OCH3 is 1. The van der Waals surface area contributed by atoms with Crippen LogP contribution in [0.3, 0.4) is 0 Å². The fourth-order valence-electron chi connectivity index (χ4n) is 6.19. The third-order valence-electron chi connectivity index (χ3n) is 8.57. The van der Waals surface area contributed by atoms with Gasteiger partial charge in [-0.1, -0.05) is 42.5 Å². The largest absolute Gasteiger partial charge is 0.497 e. The van der Waals surface area contributed by atoms with E-state index in [1.165, 1.54) is 5.56 Å². The number of nitrogens with one attached hydrogen (secondary N) is 3. The quantitative estimate of drug-likeness (QED) is 0.304. The minimum Gasteiger partial charge on any atom is -0.497 e. The van der Waals surface area contributed by atoms with E-state index in [2.05, 4.69) is 75.4 Å². The van der Waals surface area contributed by atoms with E-state index in [1.807, 2.05) is 18.2 Å². The molecule has 0 bridgehead atoms. The van der Waals surface area contributed by atoms with Gasteiger partial charge in [0.1, 0.15) is 5.75 Å². The highest BCUT2D eigenvalue weighted by Gasteiger charge is 2.65. The van der Waals surface area contributed by atoms with E-state index >= 15 is 0 Å². The molecule has 3 aliphatic rings. The SMILES string of the molecule is COc1ccc2c(c1)C1(CC1c1ccc3c(/C=C/c4ccc(CNC5CCOCC5)cc4)n[nH]c3c1)C(=O)N2. The van der Waals surface area contributed by atoms with Gasteiger partial charge in [0, 0.05) is 42.8 Å². The van der Waals surface area contributed by atoms with Crippen molar-refractivity contribution in [2.24, 2.45) is 0 Å². The molecule has 3 aromatic carbocycles. The molecule has 1 spiro atoms. The standard InChI is InChI=1S/C32H32N4O3/c1-38-24-8-11-29-26(17-24)32(31(37)34-29)18-27(32)22-7-9-25-28(35-36-30(25)16-22)10-6-20-2-4-21(5-3-20)19-33-23-12-14-39-15-13-23/h2-11,16-17,23,27,33H,12-15,18-19H2,1H3,(H,34,37)(H,35,36)/b10-6+. The number of rotatable bonds is 7. The number of aromatic amines is 1. The van der Waals surface area contributed by atoms with Crippen LogP contribution in [0, 0.1) is 0 Å². The normalized spacial score (nSPS) is 22.5. The van der Waals surface area contributed by atoms with E-state index < -0.39 is 5.41 Å². The molecule has 39 heavy (non-hydrogen) atoms. The number of H-pyrrole nitrogens is 1. The molecule has 1 aliphatic carbocycles. The molecule has 2 aliphatic heterocycles. The summed E-state index contributed by atoms with van der Waals surface area (Å²) in [6, 6.07) is 21.4. The first-order valence-electron chi connectivity index (χ1n) is 13.7. The Balaban J connectivity index is 1.05. The van der Waals surface area contributed by atoms with Gasteiger partial charge in [-0.25, -0.2) is 0 Å². The maximum atomic E-state index is 13.0. The number of fused-ring (bicyclic) bond motifs is 3. The summed E-state index contributed by atoms with van der Waals surface area (Å²) in [5, 5.41) is 15.5. The van der Waals surface area contributed by atoms with Crippen LogP contribution >= 0.6 is 0 Å². The van der Waals surface area contributed by atoms with E-state index in [0.29, 0.717) is 6.04 Å². The number of carbonyl (C=O) groups is 1. The first-order chi connectivity index (χ1) is 19.1. The van der Waals surface area contributed by atoms with Gasteiger partial charge < -0.3 is 20.1 Å².